The lowest BCUT2D eigenvalue weighted by molar-refractivity contribution is 0.0977. The van der Waals surface area contributed by atoms with Gasteiger partial charge < -0.3 is 5.32 Å². The molecule has 0 radical (unpaired) electrons. The standard InChI is InChI=1S/C18H20N2OS/c1-11-5-7-15(13(3)9-11)17(21)20-18(22)19-16-8-6-12(2)10-14(16)4/h5-10H,1-4H3,(H2,19,20,21,22). The zero-order valence-electron chi connectivity index (χ0n) is 13.3. The maximum absolute atomic E-state index is 12.3. The lowest BCUT2D eigenvalue weighted by Gasteiger charge is -2.13. The van der Waals surface area contributed by atoms with Crippen LogP contribution in [0.4, 0.5) is 5.69 Å². The van der Waals surface area contributed by atoms with E-state index >= 15 is 0 Å². The smallest absolute Gasteiger partial charge is 0.257 e. The quantitative estimate of drug-likeness (QED) is 0.822. The Hall–Kier alpha value is -2.20. The van der Waals surface area contributed by atoms with Crippen molar-refractivity contribution in [1.29, 1.82) is 0 Å². The van der Waals surface area contributed by atoms with E-state index in [4.69, 9.17) is 12.2 Å². The van der Waals surface area contributed by atoms with Gasteiger partial charge in [-0.25, -0.2) is 0 Å². The minimum atomic E-state index is -0.195. The lowest BCUT2D eigenvalue weighted by atomic mass is 10.1. The highest BCUT2D eigenvalue weighted by molar-refractivity contribution is 7.80. The molecule has 2 aromatic carbocycles. The van der Waals surface area contributed by atoms with E-state index in [2.05, 4.69) is 16.7 Å². The fraction of sp³-hybridized carbons (Fsp3) is 0.222. The Morgan fingerprint density at radius 1 is 0.909 bits per heavy atom. The SMILES string of the molecule is Cc1ccc(NC(=S)NC(=O)c2ccc(C)cc2C)c(C)c1. The van der Waals surface area contributed by atoms with Gasteiger partial charge in [-0.05, 0) is 63.2 Å². The molecule has 0 atom stereocenters. The van der Waals surface area contributed by atoms with Crippen molar-refractivity contribution in [3.05, 3.63) is 64.2 Å². The van der Waals surface area contributed by atoms with Crippen LogP contribution in [0.3, 0.4) is 0 Å². The Balaban J connectivity index is 2.06. The zero-order chi connectivity index (χ0) is 16.3. The van der Waals surface area contributed by atoms with Gasteiger partial charge in [0, 0.05) is 11.3 Å². The number of amides is 1. The van der Waals surface area contributed by atoms with Crippen molar-refractivity contribution in [2.75, 3.05) is 5.32 Å². The summed E-state index contributed by atoms with van der Waals surface area (Å²) in [5.74, 6) is -0.195. The van der Waals surface area contributed by atoms with Gasteiger partial charge in [0.15, 0.2) is 5.11 Å². The molecule has 114 valence electrons. The van der Waals surface area contributed by atoms with Gasteiger partial charge in [0.1, 0.15) is 0 Å². The normalized spacial score (nSPS) is 10.2. The number of thiocarbonyl (C=S) groups is 1. The summed E-state index contributed by atoms with van der Waals surface area (Å²) < 4.78 is 0. The van der Waals surface area contributed by atoms with Crippen molar-refractivity contribution in [3.8, 4) is 0 Å². The molecule has 0 aliphatic rings. The predicted octanol–water partition coefficient (Wildman–Crippen LogP) is 4.05. The number of carbonyl (C=O) groups is 1. The highest BCUT2D eigenvalue weighted by Crippen LogP contribution is 2.16. The Bertz CT molecular complexity index is 738. The van der Waals surface area contributed by atoms with E-state index in [1.54, 1.807) is 0 Å². The third kappa shape index (κ3) is 3.92. The maximum Gasteiger partial charge on any atom is 0.257 e. The van der Waals surface area contributed by atoms with Gasteiger partial charge in [0.05, 0.1) is 0 Å². The van der Waals surface area contributed by atoms with E-state index in [0.717, 1.165) is 22.4 Å². The minimum absolute atomic E-state index is 0.195. The number of anilines is 1. The molecule has 0 saturated carbocycles. The van der Waals surface area contributed by atoms with Gasteiger partial charge in [-0.15, -0.1) is 0 Å². The van der Waals surface area contributed by atoms with Crippen LogP contribution in [0.1, 0.15) is 32.6 Å². The van der Waals surface area contributed by atoms with Crippen molar-refractivity contribution >= 4 is 28.9 Å². The Morgan fingerprint density at radius 2 is 1.50 bits per heavy atom. The number of hydrogen-bond donors (Lipinski definition) is 2. The number of hydrogen-bond acceptors (Lipinski definition) is 2. The van der Waals surface area contributed by atoms with E-state index in [0.29, 0.717) is 10.7 Å². The summed E-state index contributed by atoms with van der Waals surface area (Å²) in [7, 11) is 0. The highest BCUT2D eigenvalue weighted by atomic mass is 32.1. The summed E-state index contributed by atoms with van der Waals surface area (Å²) in [6.45, 7) is 7.96. The molecule has 0 aliphatic carbocycles. The average molecular weight is 312 g/mol. The molecule has 1 amide bonds. The number of carbonyl (C=O) groups excluding carboxylic acids is 1. The number of benzene rings is 2. The number of rotatable bonds is 2. The summed E-state index contributed by atoms with van der Waals surface area (Å²) in [4.78, 5) is 12.3. The van der Waals surface area contributed by atoms with Crippen LogP contribution in [0, 0.1) is 27.7 Å². The molecule has 0 fully saturated rings. The molecule has 2 N–H and O–H groups in total. The molecular weight excluding hydrogens is 292 g/mol. The molecule has 0 aliphatic heterocycles. The third-order valence-corrected chi connectivity index (χ3v) is 3.69. The molecular formula is C18H20N2OS. The van der Waals surface area contributed by atoms with Gasteiger partial charge in [-0.3, -0.25) is 10.1 Å². The van der Waals surface area contributed by atoms with Crippen molar-refractivity contribution < 1.29 is 4.79 Å². The summed E-state index contributed by atoms with van der Waals surface area (Å²) >= 11 is 5.23. The van der Waals surface area contributed by atoms with Gasteiger partial charge in [-0.1, -0.05) is 35.4 Å². The van der Waals surface area contributed by atoms with Crippen molar-refractivity contribution in [2.24, 2.45) is 0 Å². The molecule has 22 heavy (non-hydrogen) atoms. The first kappa shape index (κ1) is 16.2. The van der Waals surface area contributed by atoms with Crippen LogP contribution in [-0.2, 0) is 0 Å². The Kier molecular flexibility index (Phi) is 4.93. The first-order valence-corrected chi connectivity index (χ1v) is 7.54. The lowest BCUT2D eigenvalue weighted by Crippen LogP contribution is -2.34. The second-order valence-electron chi connectivity index (χ2n) is 5.54. The monoisotopic (exact) mass is 312 g/mol. The molecule has 0 saturated heterocycles. The van der Waals surface area contributed by atoms with Gasteiger partial charge >= 0.3 is 0 Å². The Morgan fingerprint density at radius 3 is 2.09 bits per heavy atom. The van der Waals surface area contributed by atoms with Crippen molar-refractivity contribution in [2.45, 2.75) is 27.7 Å². The van der Waals surface area contributed by atoms with Gasteiger partial charge in [-0.2, -0.15) is 0 Å². The summed E-state index contributed by atoms with van der Waals surface area (Å²) in [6.07, 6.45) is 0. The van der Waals surface area contributed by atoms with E-state index in [-0.39, 0.29) is 5.91 Å². The number of nitrogens with one attached hydrogen (secondary N) is 2. The first-order chi connectivity index (χ1) is 10.4. The fourth-order valence-electron chi connectivity index (χ4n) is 2.35. The highest BCUT2D eigenvalue weighted by Gasteiger charge is 2.11. The molecule has 3 nitrogen and oxygen atoms in total. The molecule has 2 aromatic rings. The zero-order valence-corrected chi connectivity index (χ0v) is 14.1. The van der Waals surface area contributed by atoms with Gasteiger partial charge in [0.2, 0.25) is 0 Å². The number of aryl methyl sites for hydroxylation is 4. The molecule has 4 heteroatoms. The van der Waals surface area contributed by atoms with E-state index in [9.17, 15) is 4.79 Å². The largest absolute Gasteiger partial charge is 0.332 e. The summed E-state index contributed by atoms with van der Waals surface area (Å²) in [5, 5.41) is 6.10. The van der Waals surface area contributed by atoms with Crippen LogP contribution < -0.4 is 10.6 Å². The molecule has 2 rings (SSSR count). The van der Waals surface area contributed by atoms with Crippen LogP contribution in [0.25, 0.3) is 0 Å². The second-order valence-corrected chi connectivity index (χ2v) is 5.95. The van der Waals surface area contributed by atoms with Crippen LogP contribution in [-0.4, -0.2) is 11.0 Å². The van der Waals surface area contributed by atoms with Crippen LogP contribution in [0.5, 0.6) is 0 Å². The van der Waals surface area contributed by atoms with Gasteiger partial charge in [0.25, 0.3) is 5.91 Å². The topological polar surface area (TPSA) is 41.1 Å². The summed E-state index contributed by atoms with van der Waals surface area (Å²) in [6, 6.07) is 11.7. The fourth-order valence-corrected chi connectivity index (χ4v) is 2.55. The summed E-state index contributed by atoms with van der Waals surface area (Å²) in [5.41, 5.74) is 5.88. The molecule has 0 aromatic heterocycles. The second kappa shape index (κ2) is 6.71. The molecule has 0 heterocycles. The van der Waals surface area contributed by atoms with Crippen LogP contribution >= 0.6 is 12.2 Å². The van der Waals surface area contributed by atoms with E-state index in [1.165, 1.54) is 5.56 Å². The Labute approximate surface area is 136 Å². The van der Waals surface area contributed by atoms with E-state index < -0.39 is 0 Å². The minimum Gasteiger partial charge on any atom is -0.332 e. The first-order valence-electron chi connectivity index (χ1n) is 7.13. The molecule has 0 unspecified atom stereocenters. The van der Waals surface area contributed by atoms with Crippen molar-refractivity contribution in [3.63, 3.8) is 0 Å². The van der Waals surface area contributed by atoms with Crippen LogP contribution in [0.2, 0.25) is 0 Å². The average Bonchev–Trinajstić information content (AvgIpc) is 2.41. The van der Waals surface area contributed by atoms with Crippen LogP contribution in [0.15, 0.2) is 36.4 Å². The molecule has 0 spiro atoms. The third-order valence-electron chi connectivity index (χ3n) is 3.48. The van der Waals surface area contributed by atoms with E-state index in [1.807, 2.05) is 58.0 Å². The maximum atomic E-state index is 12.3. The molecule has 0 bridgehead atoms. The van der Waals surface area contributed by atoms with Crippen molar-refractivity contribution in [1.82, 2.24) is 5.32 Å². The predicted molar refractivity (Wildman–Crippen MR) is 95.5 cm³/mol.